The molecule has 0 spiro atoms. The summed E-state index contributed by atoms with van der Waals surface area (Å²) in [4.78, 5) is 24.8. The average Bonchev–Trinajstić information content (AvgIpc) is 3.21. The van der Waals surface area contributed by atoms with E-state index in [1.165, 1.54) is 0 Å². The molecule has 1 amide bonds. The number of ketones is 1. The molecule has 0 unspecified atom stereocenters. The fourth-order valence-corrected chi connectivity index (χ4v) is 2.35. The molecular formula is C15H14F2N2O2. The van der Waals surface area contributed by atoms with Crippen molar-refractivity contribution in [3.63, 3.8) is 0 Å². The number of fused-ring (bicyclic) bond motifs is 1. The van der Waals surface area contributed by atoms with E-state index in [0.717, 1.165) is 23.8 Å². The van der Waals surface area contributed by atoms with Crippen molar-refractivity contribution >= 4 is 17.4 Å². The summed E-state index contributed by atoms with van der Waals surface area (Å²) in [6.07, 6.45) is 2.24. The first-order valence-corrected chi connectivity index (χ1v) is 6.72. The fourth-order valence-electron chi connectivity index (χ4n) is 2.35. The summed E-state index contributed by atoms with van der Waals surface area (Å²) in [5.74, 6) is -3.61. The highest BCUT2D eigenvalue weighted by Gasteiger charge is 2.39. The molecule has 0 bridgehead atoms. The van der Waals surface area contributed by atoms with Crippen LogP contribution in [0, 0.1) is 11.6 Å². The van der Waals surface area contributed by atoms with Crippen LogP contribution in [0.1, 0.15) is 23.2 Å². The quantitative estimate of drug-likeness (QED) is 0.665. The number of halogens is 2. The van der Waals surface area contributed by atoms with Gasteiger partial charge in [-0.15, -0.1) is 0 Å². The van der Waals surface area contributed by atoms with Gasteiger partial charge in [0, 0.05) is 25.2 Å². The number of benzene rings is 1. The third-order valence-electron chi connectivity index (χ3n) is 3.59. The highest BCUT2D eigenvalue weighted by atomic mass is 19.1. The Morgan fingerprint density at radius 3 is 2.71 bits per heavy atom. The highest BCUT2D eigenvalue weighted by Crippen LogP contribution is 2.32. The van der Waals surface area contributed by atoms with Crippen LogP contribution in [0.15, 0.2) is 24.3 Å². The van der Waals surface area contributed by atoms with Crippen LogP contribution in [0.25, 0.3) is 0 Å². The standard InChI is InChI=1S/C15H14F2N2O2/c1-8(6-18-10-2-3-10)7-19-12-5-9(16)4-11(17)13(12)14(20)15(19)21/h4-5,10,18H,1-3,6-7H2. The van der Waals surface area contributed by atoms with Gasteiger partial charge in [0.05, 0.1) is 11.3 Å². The van der Waals surface area contributed by atoms with E-state index in [2.05, 4.69) is 11.9 Å². The van der Waals surface area contributed by atoms with Crippen molar-refractivity contribution in [1.82, 2.24) is 5.32 Å². The van der Waals surface area contributed by atoms with Crippen molar-refractivity contribution in [3.05, 3.63) is 41.5 Å². The minimum atomic E-state index is -1.01. The summed E-state index contributed by atoms with van der Waals surface area (Å²) >= 11 is 0. The van der Waals surface area contributed by atoms with Crippen molar-refractivity contribution < 1.29 is 18.4 Å². The first-order valence-electron chi connectivity index (χ1n) is 6.72. The predicted molar refractivity (Wildman–Crippen MR) is 73.2 cm³/mol. The van der Waals surface area contributed by atoms with E-state index in [1.807, 2.05) is 0 Å². The third-order valence-corrected chi connectivity index (χ3v) is 3.59. The number of hydrogen-bond donors (Lipinski definition) is 1. The van der Waals surface area contributed by atoms with Crippen LogP contribution in [0.2, 0.25) is 0 Å². The maximum absolute atomic E-state index is 13.7. The topological polar surface area (TPSA) is 49.4 Å². The van der Waals surface area contributed by atoms with Crippen molar-refractivity contribution in [2.24, 2.45) is 0 Å². The second-order valence-electron chi connectivity index (χ2n) is 5.41. The van der Waals surface area contributed by atoms with Crippen molar-refractivity contribution in [2.45, 2.75) is 18.9 Å². The minimum Gasteiger partial charge on any atom is -0.310 e. The number of carbonyl (C=O) groups excluding carboxylic acids is 2. The number of nitrogens with one attached hydrogen (secondary N) is 1. The number of nitrogens with zero attached hydrogens (tertiary/aromatic N) is 1. The maximum atomic E-state index is 13.7. The molecule has 0 saturated heterocycles. The first-order chi connectivity index (χ1) is 9.97. The molecule has 21 heavy (non-hydrogen) atoms. The van der Waals surface area contributed by atoms with Gasteiger partial charge in [0.1, 0.15) is 11.6 Å². The van der Waals surface area contributed by atoms with Gasteiger partial charge >= 0.3 is 0 Å². The van der Waals surface area contributed by atoms with Gasteiger partial charge in [-0.2, -0.15) is 0 Å². The lowest BCUT2D eigenvalue weighted by atomic mass is 10.1. The van der Waals surface area contributed by atoms with Crippen LogP contribution in [-0.4, -0.2) is 30.8 Å². The number of anilines is 1. The molecule has 1 fully saturated rings. The van der Waals surface area contributed by atoms with Gasteiger partial charge in [-0.25, -0.2) is 8.78 Å². The molecule has 1 aromatic carbocycles. The normalized spacial score (nSPS) is 17.3. The smallest absolute Gasteiger partial charge is 0.299 e. The van der Waals surface area contributed by atoms with Crippen LogP contribution < -0.4 is 10.2 Å². The van der Waals surface area contributed by atoms with Gasteiger partial charge in [-0.3, -0.25) is 9.59 Å². The zero-order chi connectivity index (χ0) is 15.1. The molecule has 2 aliphatic rings. The Morgan fingerprint density at radius 2 is 2.05 bits per heavy atom. The molecule has 0 atom stereocenters. The van der Waals surface area contributed by atoms with E-state index in [0.29, 0.717) is 24.2 Å². The third kappa shape index (κ3) is 2.58. The number of Topliss-reactive ketones (excluding diaryl/α,β-unsaturated/α-hetero) is 1. The molecule has 110 valence electrons. The molecule has 1 saturated carbocycles. The summed E-state index contributed by atoms with van der Waals surface area (Å²) in [6.45, 7) is 4.42. The Hall–Kier alpha value is -2.08. The van der Waals surface area contributed by atoms with E-state index in [1.54, 1.807) is 0 Å². The summed E-state index contributed by atoms with van der Waals surface area (Å²) in [6, 6.07) is 2.10. The zero-order valence-electron chi connectivity index (χ0n) is 11.3. The van der Waals surface area contributed by atoms with Crippen LogP contribution in [0.4, 0.5) is 14.5 Å². The van der Waals surface area contributed by atoms with Crippen LogP contribution in [-0.2, 0) is 4.79 Å². The number of amides is 1. The van der Waals surface area contributed by atoms with Crippen LogP contribution in [0.5, 0.6) is 0 Å². The van der Waals surface area contributed by atoms with Crippen LogP contribution >= 0.6 is 0 Å². The van der Waals surface area contributed by atoms with Gasteiger partial charge in [0.25, 0.3) is 11.7 Å². The number of rotatable bonds is 5. The lowest BCUT2D eigenvalue weighted by molar-refractivity contribution is -0.114. The molecule has 4 nitrogen and oxygen atoms in total. The first kappa shape index (κ1) is 13.9. The summed E-state index contributed by atoms with van der Waals surface area (Å²) in [5, 5.41) is 3.23. The van der Waals surface area contributed by atoms with E-state index in [4.69, 9.17) is 0 Å². The molecule has 1 aliphatic carbocycles. The number of hydrogen-bond acceptors (Lipinski definition) is 3. The van der Waals surface area contributed by atoms with Gasteiger partial charge in [-0.1, -0.05) is 6.58 Å². The van der Waals surface area contributed by atoms with E-state index >= 15 is 0 Å². The largest absolute Gasteiger partial charge is 0.310 e. The Bertz CT molecular complexity index is 653. The number of carbonyl (C=O) groups is 2. The SMILES string of the molecule is C=C(CNC1CC1)CN1C(=O)C(=O)c2c(F)cc(F)cc21. The summed E-state index contributed by atoms with van der Waals surface area (Å²) < 4.78 is 27.0. The second kappa shape index (κ2) is 5.04. The Kier molecular flexibility index (Phi) is 3.33. The Labute approximate surface area is 120 Å². The summed E-state index contributed by atoms with van der Waals surface area (Å²) in [5.41, 5.74) is 0.306. The monoisotopic (exact) mass is 292 g/mol. The van der Waals surface area contributed by atoms with Crippen LogP contribution in [0.3, 0.4) is 0 Å². The minimum absolute atomic E-state index is 0.0185. The van der Waals surface area contributed by atoms with Gasteiger partial charge in [-0.05, 0) is 24.5 Å². The van der Waals surface area contributed by atoms with Gasteiger partial charge in [0.15, 0.2) is 0 Å². The van der Waals surface area contributed by atoms with Crippen molar-refractivity contribution in [2.75, 3.05) is 18.0 Å². The lowest BCUT2D eigenvalue weighted by Gasteiger charge is -2.18. The predicted octanol–water partition coefficient (Wildman–Crippen LogP) is 1.80. The average molecular weight is 292 g/mol. The van der Waals surface area contributed by atoms with Crippen molar-refractivity contribution in [1.29, 1.82) is 0 Å². The zero-order valence-corrected chi connectivity index (χ0v) is 11.3. The Balaban J connectivity index is 1.81. The fraction of sp³-hybridized carbons (Fsp3) is 0.333. The molecule has 1 aliphatic heterocycles. The van der Waals surface area contributed by atoms with E-state index < -0.39 is 23.3 Å². The maximum Gasteiger partial charge on any atom is 0.299 e. The molecule has 1 aromatic rings. The van der Waals surface area contributed by atoms with Gasteiger partial charge in [0.2, 0.25) is 0 Å². The van der Waals surface area contributed by atoms with Gasteiger partial charge < -0.3 is 10.2 Å². The summed E-state index contributed by atoms with van der Waals surface area (Å²) in [7, 11) is 0. The second-order valence-corrected chi connectivity index (χ2v) is 5.41. The lowest BCUT2D eigenvalue weighted by Crippen LogP contribution is -2.34. The molecule has 1 N–H and O–H groups in total. The highest BCUT2D eigenvalue weighted by molar-refractivity contribution is 6.52. The Morgan fingerprint density at radius 1 is 1.33 bits per heavy atom. The van der Waals surface area contributed by atoms with E-state index in [9.17, 15) is 18.4 Å². The molecule has 6 heteroatoms. The van der Waals surface area contributed by atoms with E-state index in [-0.39, 0.29) is 17.8 Å². The van der Waals surface area contributed by atoms with Crippen molar-refractivity contribution in [3.8, 4) is 0 Å². The molecule has 0 radical (unpaired) electrons. The molecule has 3 rings (SSSR count). The molecule has 1 heterocycles. The molecule has 0 aromatic heterocycles. The molecular weight excluding hydrogens is 278 g/mol.